The van der Waals surface area contributed by atoms with Crippen molar-refractivity contribution in [1.82, 2.24) is 0 Å². The van der Waals surface area contributed by atoms with Gasteiger partial charge in [0.15, 0.2) is 0 Å². The maximum absolute atomic E-state index is 9.55. The minimum Gasteiger partial charge on any atom is -0.478 e. The van der Waals surface area contributed by atoms with Crippen molar-refractivity contribution in [2.24, 2.45) is 42.9 Å². The number of rotatable bonds is 11. The molecule has 2 aromatic carbocycles. The van der Waals surface area contributed by atoms with E-state index in [2.05, 4.69) is 30.6 Å². The third kappa shape index (κ3) is 18.5. The minimum absolute atomic E-state index is 0.124. The molecule has 0 aliphatic rings. The molecule has 0 unspecified atom stereocenters. The van der Waals surface area contributed by atoms with Crippen LogP contribution in [0.2, 0.25) is 10.0 Å². The van der Waals surface area contributed by atoms with Gasteiger partial charge in [0.05, 0.1) is 0 Å². The topological polar surface area (TPSA) is 252 Å². The molecule has 0 atom stereocenters. The zero-order valence-corrected chi connectivity index (χ0v) is 24.1. The Morgan fingerprint density at radius 3 is 1.29 bits per heavy atom. The molecule has 226 valence electrons. The Kier molecular flexibility index (Phi) is 16.9. The van der Waals surface area contributed by atoms with Gasteiger partial charge in [-0.15, -0.1) is 0 Å². The van der Waals surface area contributed by atoms with Crippen LogP contribution < -0.4 is 33.6 Å². The fourth-order valence-electron chi connectivity index (χ4n) is 2.84. The van der Waals surface area contributed by atoms with Gasteiger partial charge in [-0.1, -0.05) is 36.0 Å². The summed E-state index contributed by atoms with van der Waals surface area (Å²) in [5.41, 5.74) is 24.8. The van der Waals surface area contributed by atoms with Crippen LogP contribution in [0, 0.1) is 0 Å². The first-order chi connectivity index (χ1) is 19.9. The highest BCUT2D eigenvalue weighted by molar-refractivity contribution is 6.31. The SMILES string of the molecule is NC(=NCCCCCCN=C(N)/N=C(\N)Nc1ccc(Cl)cc1)/N=C(\N)Nc1ccc(Cl)cc1.O=C(O)/C=C/C(=O)O. The summed E-state index contributed by atoms with van der Waals surface area (Å²) in [6.45, 7) is 1.12. The molecule has 2 rings (SSSR count). The molecule has 0 saturated carbocycles. The number of anilines is 2. The third-order valence-electron chi connectivity index (χ3n) is 4.69. The number of hydrogen-bond acceptors (Lipinski definition) is 4. The first-order valence-corrected chi connectivity index (χ1v) is 13.2. The Morgan fingerprint density at radius 2 is 0.976 bits per heavy atom. The summed E-state index contributed by atoms with van der Waals surface area (Å²) in [5, 5.41) is 22.7. The number of aliphatic imine (C=N–C) groups is 4. The van der Waals surface area contributed by atoms with Crippen molar-refractivity contribution in [2.75, 3.05) is 23.7 Å². The smallest absolute Gasteiger partial charge is 0.328 e. The molecule has 0 aliphatic carbocycles. The number of halogens is 2. The Morgan fingerprint density at radius 1 is 0.643 bits per heavy atom. The number of nitrogens with one attached hydrogen (secondary N) is 2. The summed E-state index contributed by atoms with van der Waals surface area (Å²) in [4.78, 5) is 35.6. The summed E-state index contributed by atoms with van der Waals surface area (Å²) in [5.74, 6) is -1.95. The molecule has 0 amide bonds. The zero-order chi connectivity index (χ0) is 31.3. The maximum Gasteiger partial charge on any atom is 0.328 e. The van der Waals surface area contributed by atoms with Crippen molar-refractivity contribution in [3.05, 3.63) is 70.7 Å². The molecule has 0 bridgehead atoms. The van der Waals surface area contributed by atoms with Crippen molar-refractivity contribution in [1.29, 1.82) is 0 Å². The molecule has 0 aliphatic heterocycles. The lowest BCUT2D eigenvalue weighted by Crippen LogP contribution is -2.26. The number of guanidine groups is 4. The van der Waals surface area contributed by atoms with Gasteiger partial charge in [0.1, 0.15) is 0 Å². The summed E-state index contributed by atoms with van der Waals surface area (Å²) >= 11 is 11.7. The highest BCUT2D eigenvalue weighted by Gasteiger charge is 1.99. The Balaban J connectivity index is 0.000000962. The van der Waals surface area contributed by atoms with E-state index in [1.54, 1.807) is 48.5 Å². The van der Waals surface area contributed by atoms with E-state index in [1.807, 2.05) is 0 Å². The molecule has 0 heterocycles. The minimum atomic E-state index is -1.26. The van der Waals surface area contributed by atoms with E-state index in [1.165, 1.54) is 0 Å². The van der Waals surface area contributed by atoms with Gasteiger partial charge in [0.25, 0.3) is 0 Å². The monoisotopic (exact) mass is 620 g/mol. The number of aliphatic carboxylic acids is 2. The number of nitrogens with zero attached hydrogens (tertiary/aromatic N) is 4. The quantitative estimate of drug-likeness (QED) is 0.0787. The Labute approximate surface area is 252 Å². The van der Waals surface area contributed by atoms with Crippen LogP contribution in [0.5, 0.6) is 0 Å². The highest BCUT2D eigenvalue weighted by atomic mass is 35.5. The van der Waals surface area contributed by atoms with E-state index in [0.29, 0.717) is 35.3 Å². The molecule has 0 radical (unpaired) electrons. The summed E-state index contributed by atoms with van der Waals surface area (Å²) in [6, 6.07) is 14.1. The predicted octanol–water partition coefficient (Wildman–Crippen LogP) is 3.05. The first kappa shape index (κ1) is 35.2. The standard InChI is InChI=1S/C22H30Cl2N10.C4H4O4/c23-15-5-9-17(10-6-15)31-21(27)33-19(25)29-13-3-1-2-4-14-30-20(26)34-22(28)32-18-11-7-16(24)8-12-18;5-3(6)1-2-4(7)8/h5-12H,1-4,13-14H2,(H5,25,27,29,31,33)(H5,26,28,30,32,34);1-2H,(H,5,6)(H,7,8)/b;2-1+. The third-order valence-corrected chi connectivity index (χ3v) is 5.19. The van der Waals surface area contributed by atoms with Crippen molar-refractivity contribution in [3.63, 3.8) is 0 Å². The average molecular weight is 622 g/mol. The van der Waals surface area contributed by atoms with Crippen LogP contribution in [0.15, 0.2) is 80.7 Å². The van der Waals surface area contributed by atoms with Crippen molar-refractivity contribution >= 4 is 70.4 Å². The lowest BCUT2D eigenvalue weighted by molar-refractivity contribution is -0.134. The Bertz CT molecular complexity index is 1200. The summed E-state index contributed by atoms with van der Waals surface area (Å²) < 4.78 is 0. The van der Waals surface area contributed by atoms with Crippen molar-refractivity contribution in [2.45, 2.75) is 25.7 Å². The molecule has 42 heavy (non-hydrogen) atoms. The maximum atomic E-state index is 9.55. The first-order valence-electron chi connectivity index (χ1n) is 12.4. The molecule has 12 N–H and O–H groups in total. The van der Waals surface area contributed by atoms with Gasteiger partial charge < -0.3 is 43.8 Å². The van der Waals surface area contributed by atoms with Crippen LogP contribution in [-0.2, 0) is 9.59 Å². The van der Waals surface area contributed by atoms with Crippen LogP contribution in [-0.4, -0.2) is 59.1 Å². The van der Waals surface area contributed by atoms with Gasteiger partial charge in [0.2, 0.25) is 23.8 Å². The van der Waals surface area contributed by atoms with Crippen LogP contribution in [0.4, 0.5) is 11.4 Å². The molecule has 0 spiro atoms. The number of carboxylic acids is 2. The van der Waals surface area contributed by atoms with Gasteiger partial charge in [-0.25, -0.2) is 9.59 Å². The second-order valence-corrected chi connectivity index (χ2v) is 9.03. The van der Waals surface area contributed by atoms with Crippen LogP contribution in [0.1, 0.15) is 25.7 Å². The molecular weight excluding hydrogens is 587 g/mol. The van der Waals surface area contributed by atoms with Crippen molar-refractivity contribution < 1.29 is 19.8 Å². The van der Waals surface area contributed by atoms with E-state index in [4.69, 9.17) is 56.3 Å². The second-order valence-electron chi connectivity index (χ2n) is 8.16. The zero-order valence-electron chi connectivity index (χ0n) is 22.6. The Hall–Kier alpha value is -4.82. The number of hydrogen-bond donors (Lipinski definition) is 8. The number of unbranched alkanes of at least 4 members (excludes halogenated alkanes) is 3. The molecule has 0 saturated heterocycles. The lowest BCUT2D eigenvalue weighted by atomic mass is 10.2. The summed E-state index contributed by atoms with van der Waals surface area (Å²) in [7, 11) is 0. The molecule has 14 nitrogen and oxygen atoms in total. The number of benzene rings is 2. The normalized spacial score (nSPS) is 12.4. The van der Waals surface area contributed by atoms with E-state index < -0.39 is 11.9 Å². The average Bonchev–Trinajstić information content (AvgIpc) is 2.92. The van der Waals surface area contributed by atoms with E-state index in [9.17, 15) is 9.59 Å². The molecule has 16 heteroatoms. The van der Waals surface area contributed by atoms with E-state index >= 15 is 0 Å². The van der Waals surface area contributed by atoms with Gasteiger partial charge >= 0.3 is 11.9 Å². The van der Waals surface area contributed by atoms with Crippen LogP contribution >= 0.6 is 23.2 Å². The highest BCUT2D eigenvalue weighted by Crippen LogP contribution is 2.13. The molecule has 0 fully saturated rings. The van der Waals surface area contributed by atoms with E-state index in [0.717, 1.165) is 37.1 Å². The number of nitrogens with two attached hydrogens (primary N) is 4. The van der Waals surface area contributed by atoms with Gasteiger partial charge in [-0.3, -0.25) is 9.98 Å². The fourth-order valence-corrected chi connectivity index (χ4v) is 3.09. The van der Waals surface area contributed by atoms with Crippen molar-refractivity contribution in [3.8, 4) is 0 Å². The summed E-state index contributed by atoms with van der Waals surface area (Å²) in [6.07, 6.45) is 4.80. The number of carboxylic acid groups (broad SMARTS) is 2. The van der Waals surface area contributed by atoms with Crippen LogP contribution in [0.25, 0.3) is 0 Å². The largest absolute Gasteiger partial charge is 0.478 e. The predicted molar refractivity (Wildman–Crippen MR) is 169 cm³/mol. The number of carbonyl (C=O) groups is 2. The van der Waals surface area contributed by atoms with Gasteiger partial charge in [0, 0.05) is 46.7 Å². The second kappa shape index (κ2) is 20.1. The molecular formula is C26H34Cl2N10O4. The van der Waals surface area contributed by atoms with Gasteiger partial charge in [-0.2, -0.15) is 9.98 Å². The van der Waals surface area contributed by atoms with Gasteiger partial charge in [-0.05, 0) is 61.4 Å². The van der Waals surface area contributed by atoms with E-state index in [-0.39, 0.29) is 23.8 Å². The molecule has 0 aromatic heterocycles. The fraction of sp³-hybridized carbons (Fsp3) is 0.231. The lowest BCUT2D eigenvalue weighted by Gasteiger charge is -2.05. The van der Waals surface area contributed by atoms with Crippen LogP contribution in [0.3, 0.4) is 0 Å². The molecule has 2 aromatic rings.